The first kappa shape index (κ1) is 19.7. The van der Waals surface area contributed by atoms with Crippen LogP contribution in [0.15, 0.2) is 42.5 Å². The van der Waals surface area contributed by atoms with Crippen molar-refractivity contribution in [1.82, 2.24) is 5.32 Å². The van der Waals surface area contributed by atoms with Gasteiger partial charge in [0.2, 0.25) is 5.91 Å². The molecule has 7 heteroatoms. The number of hydrogen-bond acceptors (Lipinski definition) is 3. The van der Waals surface area contributed by atoms with Crippen molar-refractivity contribution in [2.75, 3.05) is 6.61 Å². The highest BCUT2D eigenvalue weighted by molar-refractivity contribution is 6.32. The van der Waals surface area contributed by atoms with E-state index in [9.17, 15) is 19.1 Å². The lowest BCUT2D eigenvalue weighted by Crippen LogP contribution is -2.50. The Labute approximate surface area is 155 Å². The molecular formula is C19H19ClFNO4. The van der Waals surface area contributed by atoms with E-state index in [1.807, 2.05) is 0 Å². The third-order valence-corrected chi connectivity index (χ3v) is 4.22. The Morgan fingerprint density at radius 3 is 2.46 bits per heavy atom. The van der Waals surface area contributed by atoms with Crippen LogP contribution in [0.2, 0.25) is 5.02 Å². The number of aliphatic carboxylic acids is 1. The predicted molar refractivity (Wildman–Crippen MR) is 95.9 cm³/mol. The molecule has 0 bridgehead atoms. The average Bonchev–Trinajstić information content (AvgIpc) is 2.58. The smallest absolute Gasteiger partial charge is 0.333 e. The molecule has 0 aliphatic rings. The number of hydrogen-bond donors (Lipinski definition) is 2. The number of halogens is 2. The summed E-state index contributed by atoms with van der Waals surface area (Å²) in [6, 6.07) is 9.97. The molecule has 2 aromatic rings. The average molecular weight is 380 g/mol. The van der Waals surface area contributed by atoms with E-state index < -0.39 is 23.2 Å². The molecule has 2 rings (SSSR count). The van der Waals surface area contributed by atoms with E-state index in [-0.39, 0.29) is 12.0 Å². The number of amides is 1. The maximum Gasteiger partial charge on any atom is 0.333 e. The minimum Gasteiger partial charge on any atom is -0.492 e. The lowest BCUT2D eigenvalue weighted by Gasteiger charge is -2.27. The van der Waals surface area contributed by atoms with Crippen LogP contribution in [0.1, 0.15) is 25.0 Å². The summed E-state index contributed by atoms with van der Waals surface area (Å²) in [7, 11) is 0. The molecule has 0 spiro atoms. The zero-order valence-electron chi connectivity index (χ0n) is 14.4. The SMILES string of the molecule is CCOc1c(Cl)cccc1CC(=O)NC(C)(C(=O)O)c1ccc(F)cc1. The minimum atomic E-state index is -1.70. The first-order valence-corrected chi connectivity index (χ1v) is 8.36. The van der Waals surface area contributed by atoms with Gasteiger partial charge in [0.05, 0.1) is 18.1 Å². The van der Waals surface area contributed by atoms with E-state index in [0.29, 0.717) is 22.9 Å². The third-order valence-electron chi connectivity index (χ3n) is 3.93. The van der Waals surface area contributed by atoms with Gasteiger partial charge in [-0.1, -0.05) is 35.9 Å². The number of carbonyl (C=O) groups is 2. The number of rotatable bonds is 7. The molecular weight excluding hydrogens is 361 g/mol. The minimum absolute atomic E-state index is 0.111. The van der Waals surface area contributed by atoms with Crippen LogP contribution in [0.5, 0.6) is 5.75 Å². The van der Waals surface area contributed by atoms with E-state index >= 15 is 0 Å². The van der Waals surface area contributed by atoms with E-state index in [1.54, 1.807) is 25.1 Å². The number of carboxylic acid groups (broad SMARTS) is 1. The number of ether oxygens (including phenoxy) is 1. The second kappa shape index (κ2) is 8.19. The van der Waals surface area contributed by atoms with Crippen molar-refractivity contribution in [3.8, 4) is 5.75 Å². The summed E-state index contributed by atoms with van der Waals surface area (Å²) in [6.07, 6.45) is -0.111. The normalized spacial score (nSPS) is 12.9. The predicted octanol–water partition coefficient (Wildman–Crippen LogP) is 3.54. The van der Waals surface area contributed by atoms with Gasteiger partial charge < -0.3 is 15.2 Å². The van der Waals surface area contributed by atoms with E-state index in [1.165, 1.54) is 19.1 Å². The van der Waals surface area contributed by atoms with Gasteiger partial charge in [-0.2, -0.15) is 0 Å². The van der Waals surface area contributed by atoms with Crippen molar-refractivity contribution < 1.29 is 23.8 Å². The Kier molecular flexibility index (Phi) is 6.21. The highest BCUT2D eigenvalue weighted by Crippen LogP contribution is 2.29. The number of para-hydroxylation sites is 1. The topological polar surface area (TPSA) is 75.6 Å². The molecule has 1 amide bonds. The third kappa shape index (κ3) is 4.32. The Morgan fingerprint density at radius 1 is 1.23 bits per heavy atom. The molecule has 0 heterocycles. The van der Waals surface area contributed by atoms with E-state index in [2.05, 4.69) is 5.32 Å². The lowest BCUT2D eigenvalue weighted by atomic mass is 9.91. The van der Waals surface area contributed by atoms with Crippen LogP contribution in [-0.2, 0) is 21.5 Å². The van der Waals surface area contributed by atoms with Crippen LogP contribution in [-0.4, -0.2) is 23.6 Å². The second-order valence-corrected chi connectivity index (χ2v) is 6.23. The van der Waals surface area contributed by atoms with Crippen molar-refractivity contribution in [1.29, 1.82) is 0 Å². The summed E-state index contributed by atoms with van der Waals surface area (Å²) in [5, 5.41) is 12.5. The number of carboxylic acids is 1. The maximum absolute atomic E-state index is 13.1. The molecule has 138 valence electrons. The van der Waals surface area contributed by atoms with Crippen molar-refractivity contribution in [3.63, 3.8) is 0 Å². The molecule has 2 aromatic carbocycles. The fraction of sp³-hybridized carbons (Fsp3) is 0.263. The molecule has 0 aliphatic heterocycles. The summed E-state index contributed by atoms with van der Waals surface area (Å²) >= 11 is 6.10. The number of carbonyl (C=O) groups excluding carboxylic acids is 1. The quantitative estimate of drug-likeness (QED) is 0.771. The van der Waals surface area contributed by atoms with Crippen molar-refractivity contribution in [2.45, 2.75) is 25.8 Å². The number of nitrogens with one attached hydrogen (secondary N) is 1. The van der Waals surface area contributed by atoms with Gasteiger partial charge in [0, 0.05) is 5.56 Å². The Bertz CT molecular complexity index is 810. The zero-order valence-corrected chi connectivity index (χ0v) is 15.1. The summed E-state index contributed by atoms with van der Waals surface area (Å²) in [4.78, 5) is 24.3. The lowest BCUT2D eigenvalue weighted by molar-refractivity contribution is -0.147. The Balaban J connectivity index is 2.25. The molecule has 1 unspecified atom stereocenters. The molecule has 1 atom stereocenters. The van der Waals surface area contributed by atoms with Gasteiger partial charge in [-0.05, 0) is 37.6 Å². The van der Waals surface area contributed by atoms with Crippen LogP contribution in [0.4, 0.5) is 4.39 Å². The van der Waals surface area contributed by atoms with Crippen molar-refractivity contribution in [2.24, 2.45) is 0 Å². The van der Waals surface area contributed by atoms with Gasteiger partial charge in [-0.15, -0.1) is 0 Å². The highest BCUT2D eigenvalue weighted by Gasteiger charge is 2.37. The molecule has 0 saturated heterocycles. The van der Waals surface area contributed by atoms with Crippen molar-refractivity contribution in [3.05, 3.63) is 64.4 Å². The summed E-state index contributed by atoms with van der Waals surface area (Å²) in [5.41, 5.74) is -0.894. The first-order chi connectivity index (χ1) is 12.3. The molecule has 0 saturated carbocycles. The molecule has 0 aromatic heterocycles. The summed E-state index contributed by atoms with van der Waals surface area (Å²) < 4.78 is 18.6. The second-order valence-electron chi connectivity index (χ2n) is 5.82. The van der Waals surface area contributed by atoms with E-state index in [4.69, 9.17) is 16.3 Å². The monoisotopic (exact) mass is 379 g/mol. The van der Waals surface area contributed by atoms with Gasteiger partial charge in [0.25, 0.3) is 0 Å². The highest BCUT2D eigenvalue weighted by atomic mass is 35.5. The van der Waals surface area contributed by atoms with E-state index in [0.717, 1.165) is 12.1 Å². The van der Waals surface area contributed by atoms with Crippen LogP contribution < -0.4 is 10.1 Å². The summed E-state index contributed by atoms with van der Waals surface area (Å²) in [5.74, 6) is -1.88. The van der Waals surface area contributed by atoms with Crippen molar-refractivity contribution >= 4 is 23.5 Å². The Hall–Kier alpha value is -2.60. The Morgan fingerprint density at radius 2 is 1.88 bits per heavy atom. The zero-order chi connectivity index (χ0) is 19.3. The molecule has 0 aliphatic carbocycles. The standard InChI is InChI=1S/C19H19ClFNO4/c1-3-26-17-12(5-4-6-15(17)20)11-16(23)22-19(2,18(24)25)13-7-9-14(21)10-8-13/h4-10H,3,11H2,1-2H3,(H,22,23)(H,24,25). The van der Waals surface area contributed by atoms with Crippen LogP contribution in [0, 0.1) is 5.82 Å². The fourth-order valence-corrected chi connectivity index (χ4v) is 2.78. The van der Waals surface area contributed by atoms with Gasteiger partial charge in [0.15, 0.2) is 5.54 Å². The largest absolute Gasteiger partial charge is 0.492 e. The van der Waals surface area contributed by atoms with Gasteiger partial charge >= 0.3 is 5.97 Å². The van der Waals surface area contributed by atoms with Crippen LogP contribution in [0.3, 0.4) is 0 Å². The first-order valence-electron chi connectivity index (χ1n) is 7.98. The van der Waals surface area contributed by atoms with Gasteiger partial charge in [-0.25, -0.2) is 9.18 Å². The molecule has 5 nitrogen and oxygen atoms in total. The van der Waals surface area contributed by atoms with Gasteiger partial charge in [-0.3, -0.25) is 4.79 Å². The molecule has 26 heavy (non-hydrogen) atoms. The van der Waals surface area contributed by atoms with Crippen LogP contribution in [0.25, 0.3) is 0 Å². The summed E-state index contributed by atoms with van der Waals surface area (Å²) in [6.45, 7) is 3.52. The molecule has 0 fully saturated rings. The maximum atomic E-state index is 13.1. The van der Waals surface area contributed by atoms with Crippen LogP contribution >= 0.6 is 11.6 Å². The fourth-order valence-electron chi connectivity index (χ4n) is 2.53. The number of benzene rings is 2. The molecule has 0 radical (unpaired) electrons. The molecule has 2 N–H and O–H groups in total. The van der Waals surface area contributed by atoms with Gasteiger partial charge in [0.1, 0.15) is 11.6 Å².